The van der Waals surface area contributed by atoms with Gasteiger partial charge in [0.25, 0.3) is 5.91 Å². The fourth-order valence-corrected chi connectivity index (χ4v) is 1.63. The SMILES string of the molecule is Cc1cccc(NC(=O)c2c(F)cccc2F)c1. The van der Waals surface area contributed by atoms with E-state index in [0.29, 0.717) is 5.69 Å². The van der Waals surface area contributed by atoms with E-state index in [0.717, 1.165) is 17.7 Å². The molecule has 18 heavy (non-hydrogen) atoms. The molecule has 0 radical (unpaired) electrons. The smallest absolute Gasteiger partial charge is 0.261 e. The Bertz CT molecular complexity index is 576. The molecular formula is C14H11F2NO. The third-order valence-corrected chi connectivity index (χ3v) is 2.47. The maximum Gasteiger partial charge on any atom is 0.261 e. The number of hydrogen-bond acceptors (Lipinski definition) is 1. The number of halogens is 2. The first kappa shape index (κ1) is 12.2. The van der Waals surface area contributed by atoms with Gasteiger partial charge < -0.3 is 5.32 Å². The highest BCUT2D eigenvalue weighted by molar-refractivity contribution is 6.04. The Morgan fingerprint density at radius 3 is 2.28 bits per heavy atom. The van der Waals surface area contributed by atoms with Crippen molar-refractivity contribution >= 4 is 11.6 Å². The van der Waals surface area contributed by atoms with Crippen LogP contribution in [0, 0.1) is 18.6 Å². The summed E-state index contributed by atoms with van der Waals surface area (Å²) in [5, 5.41) is 2.46. The number of carbonyl (C=O) groups excluding carboxylic acids is 1. The quantitative estimate of drug-likeness (QED) is 0.864. The van der Waals surface area contributed by atoms with Crippen LogP contribution >= 0.6 is 0 Å². The third-order valence-electron chi connectivity index (χ3n) is 2.47. The molecule has 0 heterocycles. The Balaban J connectivity index is 2.28. The predicted octanol–water partition coefficient (Wildman–Crippen LogP) is 3.53. The van der Waals surface area contributed by atoms with E-state index in [1.54, 1.807) is 18.2 Å². The third kappa shape index (κ3) is 2.53. The second kappa shape index (κ2) is 4.96. The second-order valence-corrected chi connectivity index (χ2v) is 3.92. The molecule has 1 N–H and O–H groups in total. The Morgan fingerprint density at radius 2 is 1.67 bits per heavy atom. The molecule has 0 unspecified atom stereocenters. The van der Waals surface area contributed by atoms with Gasteiger partial charge in [0.05, 0.1) is 0 Å². The van der Waals surface area contributed by atoms with Crippen molar-refractivity contribution in [2.75, 3.05) is 5.32 Å². The topological polar surface area (TPSA) is 29.1 Å². The van der Waals surface area contributed by atoms with Gasteiger partial charge in [-0.1, -0.05) is 18.2 Å². The van der Waals surface area contributed by atoms with E-state index < -0.39 is 23.1 Å². The lowest BCUT2D eigenvalue weighted by atomic mass is 10.1. The van der Waals surface area contributed by atoms with Gasteiger partial charge in [-0.15, -0.1) is 0 Å². The van der Waals surface area contributed by atoms with Crippen molar-refractivity contribution in [1.82, 2.24) is 0 Å². The van der Waals surface area contributed by atoms with Crippen molar-refractivity contribution < 1.29 is 13.6 Å². The highest BCUT2D eigenvalue weighted by Crippen LogP contribution is 2.15. The van der Waals surface area contributed by atoms with Crippen LogP contribution in [0.4, 0.5) is 14.5 Å². The first-order valence-corrected chi connectivity index (χ1v) is 5.40. The molecule has 0 spiro atoms. The summed E-state index contributed by atoms with van der Waals surface area (Å²) >= 11 is 0. The highest BCUT2D eigenvalue weighted by Gasteiger charge is 2.16. The Hall–Kier alpha value is -2.23. The molecule has 0 aliphatic carbocycles. The highest BCUT2D eigenvalue weighted by atomic mass is 19.1. The maximum absolute atomic E-state index is 13.4. The summed E-state index contributed by atoms with van der Waals surface area (Å²) < 4.78 is 26.8. The summed E-state index contributed by atoms with van der Waals surface area (Å²) in [6, 6.07) is 10.3. The van der Waals surface area contributed by atoms with Gasteiger partial charge in [-0.25, -0.2) is 8.78 Å². The Morgan fingerprint density at radius 1 is 1.06 bits per heavy atom. The van der Waals surface area contributed by atoms with Crippen LogP contribution in [-0.2, 0) is 0 Å². The summed E-state index contributed by atoms with van der Waals surface area (Å²) in [4.78, 5) is 11.8. The minimum atomic E-state index is -0.875. The zero-order valence-electron chi connectivity index (χ0n) is 9.71. The lowest BCUT2D eigenvalue weighted by Gasteiger charge is -2.07. The van der Waals surface area contributed by atoms with Gasteiger partial charge in [0.2, 0.25) is 0 Å². The van der Waals surface area contributed by atoms with E-state index in [9.17, 15) is 13.6 Å². The Labute approximate surface area is 103 Å². The van der Waals surface area contributed by atoms with Gasteiger partial charge >= 0.3 is 0 Å². The zero-order chi connectivity index (χ0) is 13.1. The fourth-order valence-electron chi connectivity index (χ4n) is 1.63. The molecule has 4 heteroatoms. The number of anilines is 1. The molecule has 0 aromatic heterocycles. The molecular weight excluding hydrogens is 236 g/mol. The average molecular weight is 247 g/mol. The number of carbonyl (C=O) groups is 1. The predicted molar refractivity (Wildman–Crippen MR) is 65.5 cm³/mol. The number of hydrogen-bond donors (Lipinski definition) is 1. The number of rotatable bonds is 2. The summed E-state index contributed by atoms with van der Waals surface area (Å²) in [7, 11) is 0. The largest absolute Gasteiger partial charge is 0.322 e. The first-order valence-electron chi connectivity index (χ1n) is 5.40. The van der Waals surface area contributed by atoms with E-state index in [4.69, 9.17) is 0 Å². The number of aryl methyl sites for hydroxylation is 1. The number of nitrogens with one attached hydrogen (secondary N) is 1. The monoisotopic (exact) mass is 247 g/mol. The van der Waals surface area contributed by atoms with Gasteiger partial charge in [0, 0.05) is 5.69 Å². The van der Waals surface area contributed by atoms with E-state index in [2.05, 4.69) is 5.32 Å². The second-order valence-electron chi connectivity index (χ2n) is 3.92. The van der Waals surface area contributed by atoms with Crippen molar-refractivity contribution in [1.29, 1.82) is 0 Å². The molecule has 2 nitrogen and oxygen atoms in total. The van der Waals surface area contributed by atoms with Crippen LogP contribution in [0.2, 0.25) is 0 Å². The van der Waals surface area contributed by atoms with E-state index >= 15 is 0 Å². The molecule has 92 valence electrons. The van der Waals surface area contributed by atoms with Gasteiger partial charge in [-0.3, -0.25) is 4.79 Å². The van der Waals surface area contributed by atoms with Crippen LogP contribution < -0.4 is 5.32 Å². The molecule has 1 amide bonds. The molecule has 2 aromatic rings. The molecule has 0 saturated carbocycles. The van der Waals surface area contributed by atoms with Crippen molar-refractivity contribution in [2.45, 2.75) is 6.92 Å². The van der Waals surface area contributed by atoms with Crippen LogP contribution in [0.5, 0.6) is 0 Å². The molecule has 2 rings (SSSR count). The molecule has 0 saturated heterocycles. The van der Waals surface area contributed by atoms with Gasteiger partial charge in [0.15, 0.2) is 0 Å². The lowest BCUT2D eigenvalue weighted by molar-refractivity contribution is 0.101. The van der Waals surface area contributed by atoms with E-state index in [-0.39, 0.29) is 0 Å². The minimum Gasteiger partial charge on any atom is -0.322 e. The van der Waals surface area contributed by atoms with Crippen molar-refractivity contribution in [3.63, 3.8) is 0 Å². The van der Waals surface area contributed by atoms with Crippen LogP contribution in [0.1, 0.15) is 15.9 Å². The molecule has 0 atom stereocenters. The lowest BCUT2D eigenvalue weighted by Crippen LogP contribution is -2.15. The Kier molecular flexibility index (Phi) is 3.37. The van der Waals surface area contributed by atoms with Crippen LogP contribution in [0.3, 0.4) is 0 Å². The van der Waals surface area contributed by atoms with Gasteiger partial charge in [-0.2, -0.15) is 0 Å². The van der Waals surface area contributed by atoms with Crippen molar-refractivity contribution in [2.24, 2.45) is 0 Å². The number of benzene rings is 2. The standard InChI is InChI=1S/C14H11F2NO/c1-9-4-2-5-10(8-9)17-14(18)13-11(15)6-3-7-12(13)16/h2-8H,1H3,(H,17,18). The fraction of sp³-hybridized carbons (Fsp3) is 0.0714. The molecule has 2 aromatic carbocycles. The van der Waals surface area contributed by atoms with Crippen LogP contribution in [-0.4, -0.2) is 5.91 Å². The van der Waals surface area contributed by atoms with Crippen LogP contribution in [0.25, 0.3) is 0 Å². The van der Waals surface area contributed by atoms with Gasteiger partial charge in [0.1, 0.15) is 17.2 Å². The summed E-state index contributed by atoms with van der Waals surface area (Å²) in [5.41, 5.74) is 0.878. The summed E-state index contributed by atoms with van der Waals surface area (Å²) in [6.07, 6.45) is 0. The summed E-state index contributed by atoms with van der Waals surface area (Å²) in [5.74, 6) is -2.54. The number of amides is 1. The zero-order valence-corrected chi connectivity index (χ0v) is 9.71. The van der Waals surface area contributed by atoms with E-state index in [1.165, 1.54) is 6.07 Å². The average Bonchev–Trinajstić information content (AvgIpc) is 2.28. The van der Waals surface area contributed by atoms with Gasteiger partial charge in [-0.05, 0) is 36.8 Å². The maximum atomic E-state index is 13.4. The first-order chi connectivity index (χ1) is 8.58. The molecule has 0 fully saturated rings. The minimum absolute atomic E-state index is 0.502. The molecule has 0 aliphatic heterocycles. The van der Waals surface area contributed by atoms with Crippen molar-refractivity contribution in [3.8, 4) is 0 Å². The normalized spacial score (nSPS) is 10.2. The van der Waals surface area contributed by atoms with E-state index in [1.807, 2.05) is 13.0 Å². The molecule has 0 bridgehead atoms. The van der Waals surface area contributed by atoms with Crippen molar-refractivity contribution in [3.05, 3.63) is 65.2 Å². The summed E-state index contributed by atoms with van der Waals surface area (Å²) in [6.45, 7) is 1.86. The molecule has 0 aliphatic rings. The van der Waals surface area contributed by atoms with Crippen LogP contribution in [0.15, 0.2) is 42.5 Å².